The molecule has 1 atom stereocenters. The summed E-state index contributed by atoms with van der Waals surface area (Å²) < 4.78 is 26.5. The van der Waals surface area contributed by atoms with Crippen molar-refractivity contribution in [3.8, 4) is 6.07 Å². The van der Waals surface area contributed by atoms with Gasteiger partial charge >= 0.3 is 0 Å². The Balaban J connectivity index is 2.48. The van der Waals surface area contributed by atoms with Crippen LogP contribution in [-0.4, -0.2) is 37.0 Å². The molecule has 1 saturated heterocycles. The van der Waals surface area contributed by atoms with Crippen LogP contribution < -0.4 is 0 Å². The van der Waals surface area contributed by atoms with Crippen molar-refractivity contribution in [3.63, 3.8) is 0 Å². The van der Waals surface area contributed by atoms with Crippen LogP contribution in [0.25, 0.3) is 0 Å². The zero-order chi connectivity index (χ0) is 14.0. The maximum atomic E-state index is 12.6. The van der Waals surface area contributed by atoms with Crippen LogP contribution in [0.5, 0.6) is 0 Å². The van der Waals surface area contributed by atoms with E-state index in [0.29, 0.717) is 24.1 Å². The molecule has 5 nitrogen and oxygen atoms in total. The predicted molar refractivity (Wildman–Crippen MR) is 69.9 cm³/mol. The first-order valence-electron chi connectivity index (χ1n) is 6.14. The minimum absolute atomic E-state index is 0.159. The summed E-state index contributed by atoms with van der Waals surface area (Å²) in [6, 6.07) is 6.23. The first-order valence-corrected chi connectivity index (χ1v) is 7.58. The molecule has 19 heavy (non-hydrogen) atoms. The number of aliphatic hydroxyl groups is 1. The summed E-state index contributed by atoms with van der Waals surface area (Å²) in [6.07, 6.45) is 1.42. The van der Waals surface area contributed by atoms with Gasteiger partial charge in [0.15, 0.2) is 0 Å². The van der Waals surface area contributed by atoms with Crippen LogP contribution in [0.1, 0.15) is 24.0 Å². The highest BCUT2D eigenvalue weighted by molar-refractivity contribution is 7.89. The Bertz CT molecular complexity index is 619. The predicted octanol–water partition coefficient (Wildman–Crippen LogP) is 1.01. The second-order valence-corrected chi connectivity index (χ2v) is 6.55. The van der Waals surface area contributed by atoms with Crippen LogP contribution in [0.4, 0.5) is 0 Å². The fourth-order valence-corrected chi connectivity index (χ4v) is 4.32. The van der Waals surface area contributed by atoms with Gasteiger partial charge in [-0.2, -0.15) is 9.57 Å². The van der Waals surface area contributed by atoms with Gasteiger partial charge in [-0.15, -0.1) is 0 Å². The van der Waals surface area contributed by atoms with Gasteiger partial charge in [0.2, 0.25) is 10.0 Å². The average Bonchev–Trinajstić information content (AvgIpc) is 2.88. The molecule has 6 heteroatoms. The highest BCUT2D eigenvalue weighted by Crippen LogP contribution is 2.28. The Morgan fingerprint density at radius 2 is 2.26 bits per heavy atom. The number of aliphatic hydroxyl groups excluding tert-OH is 1. The zero-order valence-electron chi connectivity index (χ0n) is 10.7. The molecule has 0 aliphatic carbocycles. The molecule has 1 unspecified atom stereocenters. The van der Waals surface area contributed by atoms with Crippen molar-refractivity contribution in [2.45, 2.75) is 30.7 Å². The van der Waals surface area contributed by atoms with Crippen LogP contribution in [0, 0.1) is 18.3 Å². The molecule has 1 aliphatic rings. The van der Waals surface area contributed by atoms with E-state index in [4.69, 9.17) is 5.26 Å². The first kappa shape index (κ1) is 14.0. The lowest BCUT2D eigenvalue weighted by atomic mass is 10.2. The number of rotatable bonds is 3. The summed E-state index contributed by atoms with van der Waals surface area (Å²) in [5.41, 5.74) is 0.937. The lowest BCUT2D eigenvalue weighted by molar-refractivity contribution is 0.213. The molecule has 1 heterocycles. The van der Waals surface area contributed by atoms with E-state index in [1.54, 1.807) is 19.1 Å². The summed E-state index contributed by atoms with van der Waals surface area (Å²) >= 11 is 0. The molecular weight excluding hydrogens is 264 g/mol. The Kier molecular flexibility index (Phi) is 3.90. The van der Waals surface area contributed by atoms with Crippen LogP contribution in [0.3, 0.4) is 0 Å². The molecule has 1 aliphatic heterocycles. The highest BCUT2D eigenvalue weighted by atomic mass is 32.2. The maximum absolute atomic E-state index is 12.6. The normalized spacial score (nSPS) is 20.4. The molecule has 0 bridgehead atoms. The summed E-state index contributed by atoms with van der Waals surface area (Å²) in [5.74, 6) is 0. The minimum atomic E-state index is -3.64. The van der Waals surface area contributed by atoms with Gasteiger partial charge in [-0.25, -0.2) is 8.42 Å². The molecule has 2 rings (SSSR count). The van der Waals surface area contributed by atoms with Gasteiger partial charge in [0.25, 0.3) is 0 Å². The third-order valence-electron chi connectivity index (χ3n) is 3.44. The molecule has 0 radical (unpaired) electrons. The van der Waals surface area contributed by atoms with Crippen LogP contribution >= 0.6 is 0 Å². The standard InChI is InChI=1S/C13H16N2O3S/c1-10-4-5-11(8-14)7-13(10)19(17,18)15-6-2-3-12(15)9-16/h4-5,7,12,16H,2-3,6,9H2,1H3. The van der Waals surface area contributed by atoms with Crippen molar-refractivity contribution in [1.82, 2.24) is 4.31 Å². The van der Waals surface area contributed by atoms with E-state index in [9.17, 15) is 13.5 Å². The van der Waals surface area contributed by atoms with Crippen LogP contribution in [0.15, 0.2) is 23.1 Å². The van der Waals surface area contributed by atoms with Crippen molar-refractivity contribution in [2.24, 2.45) is 0 Å². The van der Waals surface area contributed by atoms with Crippen LogP contribution in [-0.2, 0) is 10.0 Å². The third-order valence-corrected chi connectivity index (χ3v) is 5.53. The quantitative estimate of drug-likeness (QED) is 0.896. The number of hydrogen-bond acceptors (Lipinski definition) is 4. The Morgan fingerprint density at radius 3 is 2.89 bits per heavy atom. The van der Waals surface area contributed by atoms with Crippen molar-refractivity contribution >= 4 is 10.0 Å². The number of nitriles is 1. The third kappa shape index (κ3) is 2.50. The second kappa shape index (κ2) is 5.29. The van der Waals surface area contributed by atoms with E-state index in [0.717, 1.165) is 6.42 Å². The molecule has 0 spiro atoms. The fraction of sp³-hybridized carbons (Fsp3) is 0.462. The minimum Gasteiger partial charge on any atom is -0.395 e. The fourth-order valence-electron chi connectivity index (χ4n) is 2.38. The molecule has 1 aromatic rings. The lowest BCUT2D eigenvalue weighted by Gasteiger charge is -2.23. The Hall–Kier alpha value is -1.42. The average molecular weight is 280 g/mol. The smallest absolute Gasteiger partial charge is 0.243 e. The van der Waals surface area contributed by atoms with Crippen molar-refractivity contribution in [1.29, 1.82) is 5.26 Å². The molecule has 0 amide bonds. The van der Waals surface area contributed by atoms with E-state index in [1.807, 2.05) is 6.07 Å². The molecular formula is C13H16N2O3S. The van der Waals surface area contributed by atoms with Gasteiger partial charge in [-0.05, 0) is 37.5 Å². The molecule has 1 aromatic carbocycles. The van der Waals surface area contributed by atoms with E-state index >= 15 is 0 Å². The second-order valence-electron chi connectivity index (χ2n) is 4.69. The number of sulfonamides is 1. The van der Waals surface area contributed by atoms with Gasteiger partial charge in [0.1, 0.15) is 0 Å². The Morgan fingerprint density at radius 1 is 1.53 bits per heavy atom. The summed E-state index contributed by atoms with van der Waals surface area (Å²) in [7, 11) is -3.64. The molecule has 102 valence electrons. The zero-order valence-corrected chi connectivity index (χ0v) is 11.5. The van der Waals surface area contributed by atoms with Gasteiger partial charge < -0.3 is 5.11 Å². The van der Waals surface area contributed by atoms with E-state index in [2.05, 4.69) is 0 Å². The molecule has 1 N–H and O–H groups in total. The summed E-state index contributed by atoms with van der Waals surface area (Å²) in [6.45, 7) is 1.96. The van der Waals surface area contributed by atoms with E-state index in [-0.39, 0.29) is 17.5 Å². The maximum Gasteiger partial charge on any atom is 0.243 e. The van der Waals surface area contributed by atoms with Crippen molar-refractivity contribution < 1.29 is 13.5 Å². The van der Waals surface area contributed by atoms with Gasteiger partial charge in [-0.1, -0.05) is 6.07 Å². The Labute approximate surface area is 113 Å². The first-order chi connectivity index (χ1) is 9.00. The highest BCUT2D eigenvalue weighted by Gasteiger charge is 2.35. The largest absolute Gasteiger partial charge is 0.395 e. The lowest BCUT2D eigenvalue weighted by Crippen LogP contribution is -2.37. The molecule has 0 aromatic heterocycles. The topological polar surface area (TPSA) is 81.4 Å². The number of nitrogens with zero attached hydrogens (tertiary/aromatic N) is 2. The van der Waals surface area contributed by atoms with Crippen molar-refractivity contribution in [2.75, 3.05) is 13.2 Å². The van der Waals surface area contributed by atoms with Crippen LogP contribution in [0.2, 0.25) is 0 Å². The van der Waals surface area contributed by atoms with E-state index in [1.165, 1.54) is 10.4 Å². The summed E-state index contributed by atoms with van der Waals surface area (Å²) in [5, 5.41) is 18.1. The number of hydrogen-bond donors (Lipinski definition) is 1. The number of aryl methyl sites for hydroxylation is 1. The SMILES string of the molecule is Cc1ccc(C#N)cc1S(=O)(=O)N1CCCC1CO. The van der Waals surface area contributed by atoms with Gasteiger partial charge in [-0.3, -0.25) is 0 Å². The molecule has 0 saturated carbocycles. The summed E-state index contributed by atoms with van der Waals surface area (Å²) in [4.78, 5) is 0.159. The number of benzene rings is 1. The van der Waals surface area contributed by atoms with E-state index < -0.39 is 10.0 Å². The molecule has 1 fully saturated rings. The van der Waals surface area contributed by atoms with Gasteiger partial charge in [0, 0.05) is 12.6 Å². The van der Waals surface area contributed by atoms with Crippen molar-refractivity contribution in [3.05, 3.63) is 29.3 Å². The van der Waals surface area contributed by atoms with Gasteiger partial charge in [0.05, 0.1) is 23.1 Å². The monoisotopic (exact) mass is 280 g/mol.